The zero-order valence-corrected chi connectivity index (χ0v) is 14.3. The first-order valence-corrected chi connectivity index (χ1v) is 15.5. The Morgan fingerprint density at radius 2 is 1.41 bits per heavy atom. The summed E-state index contributed by atoms with van der Waals surface area (Å²) in [5, 5.41) is 0. The summed E-state index contributed by atoms with van der Waals surface area (Å²) in [7, 11) is 4.74. The number of nitrogens with zero attached hydrogens (tertiary/aromatic N) is 1. The molecule has 10 aliphatic rings. The van der Waals surface area contributed by atoms with Gasteiger partial charge in [0.2, 0.25) is 0 Å². The molecular formula is C20H23FeN. The minimum atomic E-state index is -3.10. The fourth-order valence-corrected chi connectivity index (χ4v) is 97.3. The summed E-state index contributed by atoms with van der Waals surface area (Å²) in [4.78, 5) is 14.0. The third-order valence-electron chi connectivity index (χ3n) is 17.3. The Bertz CT molecular complexity index is 1260. The quantitative estimate of drug-likeness (QED) is 0.707. The average molecular weight is 333 g/mol. The van der Waals surface area contributed by atoms with Crippen LogP contribution < -0.4 is 0 Å². The molecule has 22 heavy (non-hydrogen) atoms. The van der Waals surface area contributed by atoms with Crippen LogP contribution in [0.25, 0.3) is 0 Å². The van der Waals surface area contributed by atoms with E-state index in [0.717, 1.165) is 8.63 Å². The second-order valence-corrected chi connectivity index (χ2v) is 36.4. The molecule has 1 aromatic rings. The van der Waals surface area contributed by atoms with E-state index in [9.17, 15) is 0 Å². The Morgan fingerprint density at radius 1 is 0.864 bits per heavy atom. The van der Waals surface area contributed by atoms with E-state index in [4.69, 9.17) is 0 Å². The number of fused-ring (bicyclic) bond motifs is 10. The first-order valence-electron chi connectivity index (χ1n) is 9.32. The molecule has 0 amide bonds. The molecule has 116 valence electrons. The average Bonchev–Trinajstić information content (AvgIpc) is 3.43. The van der Waals surface area contributed by atoms with E-state index < -0.39 is 6.51 Å². The predicted octanol–water partition coefficient (Wildman–Crippen LogP) is 4.92. The van der Waals surface area contributed by atoms with Crippen molar-refractivity contribution in [3.05, 3.63) is 35.9 Å². The van der Waals surface area contributed by atoms with Crippen molar-refractivity contribution in [2.45, 2.75) is 53.6 Å². The van der Waals surface area contributed by atoms with Crippen molar-refractivity contribution in [2.24, 2.45) is 0 Å². The van der Waals surface area contributed by atoms with E-state index >= 15 is 0 Å². The Morgan fingerprint density at radius 3 is 1.91 bits per heavy atom. The normalized spacial score (nSPS) is 98.3. The summed E-state index contributed by atoms with van der Waals surface area (Å²) in [6.07, 6.45) is 1.54. The molecule has 10 aliphatic heterocycles. The first kappa shape index (κ1) is 9.25. The fourth-order valence-electron chi connectivity index (χ4n) is 19.8. The van der Waals surface area contributed by atoms with Gasteiger partial charge >= 0.3 is 122 Å². The summed E-state index contributed by atoms with van der Waals surface area (Å²) < 4.78 is 2.05. The van der Waals surface area contributed by atoms with Gasteiger partial charge in [-0.05, 0) is 0 Å². The van der Waals surface area contributed by atoms with E-state index in [2.05, 4.69) is 49.3 Å². The van der Waals surface area contributed by atoms with Crippen LogP contribution in [0.2, 0.25) is 47.2 Å². The standard InChI is InChI=1S/C12H11.C8H12N.Fe/c1-2-6-11(7-3-1)10-12-8-4-5-9-12;1-9(2)7-8-5-3-4-6-8;/h1-9H,10H2;3-6H,7H2,1-2H3;. The topological polar surface area (TPSA) is 3.24 Å². The van der Waals surface area contributed by atoms with Gasteiger partial charge in [0.1, 0.15) is 0 Å². The fraction of sp³-hybridized carbons (Fsp3) is 0.700. The molecule has 11 rings (SSSR count). The molecule has 0 N–H and O–H groups in total. The van der Waals surface area contributed by atoms with E-state index in [1.54, 1.807) is 12.0 Å². The third kappa shape index (κ3) is 0.116. The molecule has 1 spiro atoms. The molecule has 0 bridgehead atoms. The van der Waals surface area contributed by atoms with Crippen LogP contribution in [0.3, 0.4) is 0 Å². The van der Waals surface area contributed by atoms with Crippen molar-refractivity contribution >= 4 is 0 Å². The van der Waals surface area contributed by atoms with Gasteiger partial charge in [0.25, 0.3) is 0 Å². The Labute approximate surface area is 121 Å². The number of benzene rings is 1. The summed E-state index contributed by atoms with van der Waals surface area (Å²) >= 11 is 0. The summed E-state index contributed by atoms with van der Waals surface area (Å²) in [6, 6.07) is 11.7. The van der Waals surface area contributed by atoms with E-state index in [-0.39, 0.29) is 0 Å². The molecule has 1 nitrogen and oxygen atoms in total. The molecule has 0 aromatic heterocycles. The van der Waals surface area contributed by atoms with Gasteiger partial charge in [-0.25, -0.2) is 0 Å². The number of hydrogen-bond donors (Lipinski definition) is 0. The maximum atomic E-state index is 2.61. The van der Waals surface area contributed by atoms with Crippen molar-refractivity contribution in [3.63, 3.8) is 0 Å². The van der Waals surface area contributed by atoms with Gasteiger partial charge in [-0.2, -0.15) is 0 Å². The molecule has 10 saturated heterocycles. The predicted molar refractivity (Wildman–Crippen MR) is 84.1 cm³/mol. The molecule has 10 heterocycles. The molecule has 10 fully saturated rings. The minimum absolute atomic E-state index is 1.02. The monoisotopic (exact) mass is 333 g/mol. The Kier molecular flexibility index (Phi) is 0.385. The molecule has 8 unspecified atom stereocenters. The SMILES string of the molecule is CN(C)C[C]12[CH]3[CH]4[CH]5[CH]1[Fe]45321678[CH]2[CH]1[CH]6[C]7(Cc1ccccc1)[CH]28. The van der Waals surface area contributed by atoms with Crippen LogP contribution in [-0.4, -0.2) is 25.5 Å². The summed E-state index contributed by atoms with van der Waals surface area (Å²) in [6.45, 7) is -1.57. The second-order valence-electron chi connectivity index (χ2n) is 13.0. The zero-order valence-electron chi connectivity index (χ0n) is 13.2. The third-order valence-corrected chi connectivity index (χ3v) is 61.2. The van der Waals surface area contributed by atoms with E-state index in [0.29, 0.717) is 0 Å². The van der Waals surface area contributed by atoms with Gasteiger partial charge in [-0.1, -0.05) is 0 Å². The van der Waals surface area contributed by atoms with Crippen molar-refractivity contribution in [2.75, 3.05) is 20.6 Å². The first-order chi connectivity index (χ1) is 10.4. The van der Waals surface area contributed by atoms with Crippen LogP contribution >= 0.6 is 0 Å². The van der Waals surface area contributed by atoms with Gasteiger partial charge in [-0.15, -0.1) is 0 Å². The summed E-state index contributed by atoms with van der Waals surface area (Å²) in [5.74, 6) is 0. The van der Waals surface area contributed by atoms with E-state index in [1.807, 2.05) is 0 Å². The molecular weight excluding hydrogens is 310 g/mol. The van der Waals surface area contributed by atoms with Gasteiger partial charge in [0.05, 0.1) is 0 Å². The zero-order chi connectivity index (χ0) is 14.0. The van der Waals surface area contributed by atoms with Crippen molar-refractivity contribution in [3.8, 4) is 0 Å². The summed E-state index contributed by atoms with van der Waals surface area (Å²) in [5.41, 5.74) is 1.70. The molecule has 0 aliphatic carbocycles. The molecule has 0 radical (unpaired) electrons. The van der Waals surface area contributed by atoms with Crippen LogP contribution in [0.1, 0.15) is 5.56 Å². The van der Waals surface area contributed by atoms with Gasteiger partial charge in [0, 0.05) is 0 Å². The molecule has 1 aromatic carbocycles. The second kappa shape index (κ2) is 0.915. The van der Waals surface area contributed by atoms with Gasteiger partial charge in [-0.3, -0.25) is 0 Å². The van der Waals surface area contributed by atoms with Crippen molar-refractivity contribution in [1.82, 2.24) is 4.90 Å². The van der Waals surface area contributed by atoms with Crippen LogP contribution in [0, 0.1) is 0 Å². The molecule has 2 heteroatoms. The van der Waals surface area contributed by atoms with Crippen LogP contribution in [-0.2, 0) is 12.9 Å². The molecule has 8 atom stereocenters. The maximum absolute atomic E-state index is 3.10. The van der Waals surface area contributed by atoms with E-state index in [1.165, 1.54) is 45.1 Å². The number of rotatable bonds is 4. The van der Waals surface area contributed by atoms with Crippen molar-refractivity contribution in [1.29, 1.82) is 0 Å². The van der Waals surface area contributed by atoms with Crippen LogP contribution in [0.4, 0.5) is 0 Å². The van der Waals surface area contributed by atoms with Gasteiger partial charge < -0.3 is 0 Å². The Balaban J connectivity index is 1.31. The van der Waals surface area contributed by atoms with Gasteiger partial charge in [0.15, 0.2) is 0 Å². The van der Waals surface area contributed by atoms with Crippen LogP contribution in [0.15, 0.2) is 30.3 Å². The van der Waals surface area contributed by atoms with Crippen LogP contribution in [0.5, 0.6) is 0 Å². The van der Waals surface area contributed by atoms with Crippen molar-refractivity contribution < 1.29 is 6.51 Å². The Hall–Kier alpha value is -0.301. The number of hydrogen-bond acceptors (Lipinski definition) is 1. The molecule has 0 saturated carbocycles.